The van der Waals surface area contributed by atoms with Crippen LogP contribution >= 0.6 is 0 Å². The van der Waals surface area contributed by atoms with E-state index in [1.165, 1.54) is 44.5 Å². The molecule has 15 aromatic carbocycles. The lowest BCUT2D eigenvalue weighted by Gasteiger charge is -2.10. The van der Waals surface area contributed by atoms with Crippen LogP contribution in [0, 0.1) is 179 Å². The highest BCUT2D eigenvalue weighted by Gasteiger charge is 2.36. The van der Waals surface area contributed by atoms with E-state index in [2.05, 4.69) is 189 Å². The first-order valence-electron chi connectivity index (χ1n) is 41.8. The normalized spacial score (nSPS) is 12.1. The minimum atomic E-state index is 0.472. The van der Waals surface area contributed by atoms with E-state index in [0.29, 0.717) is 44.2 Å². The predicted octanol–water partition coefficient (Wildman–Crippen LogP) is 18.0. The van der Waals surface area contributed by atoms with Gasteiger partial charge in [-0.15, -0.1) is 77.1 Å². The Morgan fingerprint density at radius 3 is 0.803 bits per heavy atom. The maximum Gasteiger partial charge on any atom is 0.201 e. The van der Waals surface area contributed by atoms with Crippen molar-refractivity contribution in [1.29, 1.82) is 5.26 Å². The lowest BCUT2D eigenvalue weighted by Crippen LogP contribution is -2.23. The summed E-state index contributed by atoms with van der Waals surface area (Å²) in [4.78, 5) is 11.3. The van der Waals surface area contributed by atoms with E-state index < -0.39 is 0 Å². The zero-order valence-corrected chi connectivity index (χ0v) is 70.1. The van der Waals surface area contributed by atoms with E-state index >= 15 is 0 Å². The molecule has 15 aromatic rings. The quantitative estimate of drug-likeness (QED) is 0.110. The highest BCUT2D eigenvalue weighted by molar-refractivity contribution is 6.12. The lowest BCUT2D eigenvalue weighted by atomic mass is 9.90. The van der Waals surface area contributed by atoms with E-state index in [4.69, 9.17) is 96.8 Å². The fourth-order valence-electron chi connectivity index (χ4n) is 20.9. The molecule has 4 nitrogen and oxygen atoms in total. The highest BCUT2D eigenvalue weighted by Crippen LogP contribution is 2.48. The Morgan fingerprint density at radius 2 is 0.485 bits per heavy atom. The van der Waals surface area contributed by atoms with E-state index in [0.717, 1.165) is 220 Å². The maximum atomic E-state index is 9.24. The van der Waals surface area contributed by atoms with Crippen molar-refractivity contribution in [1.82, 2.24) is 0 Å². The summed E-state index contributed by atoms with van der Waals surface area (Å²) in [6.45, 7) is 23.2. The van der Waals surface area contributed by atoms with Gasteiger partial charge in [0, 0.05) is 110 Å². The number of nitriles is 1. The Bertz CT molecular complexity index is 8920. The van der Waals surface area contributed by atoms with Crippen molar-refractivity contribution >= 4 is 73.8 Å². The predicted molar refractivity (Wildman–Crippen MR) is 536 cm³/mol. The topological polar surface area (TPSA) is 36.9 Å². The summed E-state index contributed by atoms with van der Waals surface area (Å²) in [6.07, 6.45) is 75.2. The molecule has 588 valence electrons. The number of benzene rings is 15. The SMILES string of the molecule is C#CC1=c2c(C#C)c3c(c(C#C)c2-c2ccccc21)=C(C#C)c1ccccc1-3.C#CC1=c2cc3c(cc2-c2ccccc21)=C(C#C)c1ccccc1-3.C#Cc1c2c(c(C#C)c3c1=Cc1ccccc1-3)=Cc1ccccc1-2.[C-]#[N+]c1c2c(c([N+]#[C-])c3c1=C(C#C)c1ccccc1-3)=C(C#C)c1ccccc1-2.[C-]#[N+]c1ccc2c(c1)C(C#C)=c1cc3c(cc1-2)=C(C#C)c1cc(C#N)ccc1-3. The summed E-state index contributed by atoms with van der Waals surface area (Å²) in [7, 11) is 0. The summed E-state index contributed by atoms with van der Waals surface area (Å²) < 4.78 is 0. The van der Waals surface area contributed by atoms with Crippen molar-refractivity contribution in [2.75, 3.05) is 0 Å². The summed E-state index contributed by atoms with van der Waals surface area (Å²) in [5.41, 5.74) is 42.5. The first kappa shape index (κ1) is 78.9. The Balaban J connectivity index is 0.0000000996. The van der Waals surface area contributed by atoms with Gasteiger partial charge in [0.15, 0.2) is 5.69 Å². The van der Waals surface area contributed by atoms with Crippen LogP contribution in [0.3, 0.4) is 0 Å². The molecule has 132 heavy (non-hydrogen) atoms. The van der Waals surface area contributed by atoms with Gasteiger partial charge in [-0.25, -0.2) is 14.5 Å². The minimum absolute atomic E-state index is 0.472. The van der Waals surface area contributed by atoms with Gasteiger partial charge in [0.25, 0.3) is 0 Å². The van der Waals surface area contributed by atoms with Crippen molar-refractivity contribution in [3.63, 3.8) is 0 Å². The monoisotopic (exact) mass is 1650 g/mol. The molecule has 0 fully saturated rings. The van der Waals surface area contributed by atoms with Gasteiger partial charge < -0.3 is 0 Å². The molecule has 10 aliphatic rings. The summed E-state index contributed by atoms with van der Waals surface area (Å²) in [5.74, 6) is 34.3. The molecule has 0 radical (unpaired) electrons. The molecule has 0 bridgehead atoms. The molecular weight excluding hydrogens is 1590 g/mol. The molecule has 4 heteroatoms. The zero-order chi connectivity index (χ0) is 90.8. The summed E-state index contributed by atoms with van der Waals surface area (Å²) >= 11 is 0. The van der Waals surface area contributed by atoms with Crippen molar-refractivity contribution in [2.45, 2.75) is 0 Å². The Labute approximate surface area is 763 Å². The Kier molecular flexibility index (Phi) is 18.5. The minimum Gasteiger partial charge on any atom is -0.238 e. The molecule has 0 heterocycles. The summed E-state index contributed by atoms with van der Waals surface area (Å²) in [5, 5.41) is 18.7. The third kappa shape index (κ3) is 11.1. The standard InChI is InChI=1S/C28H12.2C26H10N2.2C24H12/c1-5-17-21-13-9-11-15-23(21)27-20(8-4)26-18(6-2)22-14-10-12-16-24(22)28(26)19(7-3)25(17)27;1-5-15-17-11-7-9-13-19(17)23-21(15)25(27-3)24-20-14-10-8-12-18(20)16(6-2)22(24)26(23)28-4;1-4-17-21-10-15(14-27)6-8-19(21)25-13-24-18(5-2)22-11-16(28-3)7-9-20(22)26(24)12-23(17)25;1-3-17-21-13-15-9-6-8-12-20(15)24(21)18(4-2)22-14-16-10-5-7-11-19(16)23(17)22;1-3-15-17-9-5-7-11-19(17)23-14-22-16(4-2)18-10-6-8-12-20(18)24(22)13-21(15)23/h1-4,9-16H;1-2,7-14H;1-2,6-13H;2*1-2,5-14H. The fraction of sp³-hybridized carbons (Fsp3) is 0. The van der Waals surface area contributed by atoms with Gasteiger partial charge in [0.1, 0.15) is 0 Å². The molecule has 0 spiro atoms. The Hall–Kier alpha value is -20.3. The van der Waals surface area contributed by atoms with Crippen molar-refractivity contribution < 1.29 is 0 Å². The molecule has 0 unspecified atom stereocenters. The number of nitrogens with zero attached hydrogens (tertiary/aromatic N) is 4. The van der Waals surface area contributed by atoms with Crippen LogP contribution in [-0.4, -0.2) is 0 Å². The first-order valence-corrected chi connectivity index (χ1v) is 41.8. The lowest BCUT2D eigenvalue weighted by molar-refractivity contribution is 1.48. The molecular formula is C128H56N4. The third-order valence-corrected chi connectivity index (χ3v) is 26.2. The number of hydrogen-bond donors (Lipinski definition) is 0. The average Bonchev–Trinajstić information content (AvgIpc) is 1.54. The molecule has 0 aliphatic heterocycles. The number of terminal acetylenes is 12. The molecule has 25 rings (SSSR count). The highest BCUT2D eigenvalue weighted by atomic mass is 14.7. The summed E-state index contributed by atoms with van der Waals surface area (Å²) in [6, 6.07) is 86.6. The van der Waals surface area contributed by atoms with Crippen LogP contribution in [0.5, 0.6) is 0 Å². The van der Waals surface area contributed by atoms with Crippen LogP contribution in [0.15, 0.2) is 255 Å². The molecule has 0 saturated carbocycles. The van der Waals surface area contributed by atoms with E-state index in [1.54, 1.807) is 6.07 Å². The van der Waals surface area contributed by atoms with Crippen LogP contribution < -0.4 is 52.2 Å². The zero-order valence-electron chi connectivity index (χ0n) is 70.1. The fourth-order valence-corrected chi connectivity index (χ4v) is 20.9. The smallest absolute Gasteiger partial charge is 0.201 e. The van der Waals surface area contributed by atoms with E-state index in [1.807, 2.05) is 164 Å². The van der Waals surface area contributed by atoms with Crippen LogP contribution in [0.2, 0.25) is 0 Å². The van der Waals surface area contributed by atoms with Gasteiger partial charge >= 0.3 is 0 Å². The van der Waals surface area contributed by atoms with Crippen LogP contribution in [0.4, 0.5) is 17.1 Å². The van der Waals surface area contributed by atoms with Gasteiger partial charge in [-0.05, 0) is 231 Å². The van der Waals surface area contributed by atoms with Gasteiger partial charge in [0.2, 0.25) is 11.4 Å². The van der Waals surface area contributed by atoms with Gasteiger partial charge in [-0.2, -0.15) is 5.26 Å². The number of fused-ring (bicyclic) bond motifs is 30. The van der Waals surface area contributed by atoms with Crippen LogP contribution in [0.25, 0.3) is 183 Å². The second-order valence-electron chi connectivity index (χ2n) is 32.1. The molecule has 0 atom stereocenters. The maximum absolute atomic E-state index is 9.24. The van der Waals surface area contributed by atoms with Gasteiger partial charge in [-0.3, -0.25) is 0 Å². The largest absolute Gasteiger partial charge is 0.238 e. The molecule has 10 aliphatic carbocycles. The average molecular weight is 1650 g/mol. The van der Waals surface area contributed by atoms with Crippen molar-refractivity contribution in [2.24, 2.45) is 0 Å². The molecule has 0 amide bonds. The first-order chi connectivity index (χ1) is 64.9. The van der Waals surface area contributed by atoms with E-state index in [-0.39, 0.29) is 0 Å². The van der Waals surface area contributed by atoms with Crippen LogP contribution in [-0.2, 0) is 0 Å². The number of hydrogen-bond acceptors (Lipinski definition) is 1. The second kappa shape index (κ2) is 30.9. The number of rotatable bonds is 0. The Morgan fingerprint density at radius 1 is 0.212 bits per heavy atom. The van der Waals surface area contributed by atoms with Crippen molar-refractivity contribution in [3.8, 4) is 265 Å². The third-order valence-electron chi connectivity index (χ3n) is 26.2. The van der Waals surface area contributed by atoms with E-state index in [9.17, 15) is 5.26 Å². The molecule has 0 aromatic heterocycles. The van der Waals surface area contributed by atoms with Gasteiger partial charge in [0.05, 0.1) is 31.3 Å². The molecule has 0 N–H and O–H groups in total. The van der Waals surface area contributed by atoms with Gasteiger partial charge in [-0.1, -0.05) is 283 Å². The van der Waals surface area contributed by atoms with Crippen molar-refractivity contribution in [3.05, 3.63) is 425 Å². The molecule has 0 saturated heterocycles. The second-order valence-corrected chi connectivity index (χ2v) is 32.1. The van der Waals surface area contributed by atoms with Crippen LogP contribution in [0.1, 0.15) is 83.5 Å².